The van der Waals surface area contributed by atoms with Gasteiger partial charge in [0, 0.05) is 18.0 Å². The largest absolute Gasteiger partial charge is 0.347 e. The van der Waals surface area contributed by atoms with Gasteiger partial charge in [-0.3, -0.25) is 9.59 Å². The van der Waals surface area contributed by atoms with Crippen LogP contribution in [0.2, 0.25) is 0 Å². The molecule has 1 aliphatic rings. The highest BCUT2D eigenvalue weighted by Gasteiger charge is 2.32. The van der Waals surface area contributed by atoms with Gasteiger partial charge >= 0.3 is 0 Å². The topological polar surface area (TPSA) is 71.1 Å². The van der Waals surface area contributed by atoms with Crippen LogP contribution in [0.3, 0.4) is 0 Å². The van der Waals surface area contributed by atoms with E-state index in [0.29, 0.717) is 16.3 Å². The monoisotopic (exact) mass is 395 g/mol. The van der Waals surface area contributed by atoms with Crippen molar-refractivity contribution in [2.75, 3.05) is 5.32 Å². The third-order valence-electron chi connectivity index (χ3n) is 4.51. The lowest BCUT2D eigenvalue weighted by Crippen LogP contribution is -2.24. The van der Waals surface area contributed by atoms with Crippen LogP contribution in [0, 0.1) is 11.7 Å². The standard InChI is InChI=1S/C21H18FN3O2S/c22-16-10-6-13(7-11-16)12-23-21(27)19-18(24-20(26)15-8-9-15)17(25-28-19)14-4-2-1-3-5-14/h1-7,10-11,15H,8-9,12H2,(H,23,27)(H,24,26). The number of nitrogens with zero attached hydrogens (tertiary/aromatic N) is 1. The second-order valence-electron chi connectivity index (χ2n) is 6.67. The van der Waals surface area contributed by atoms with Gasteiger partial charge in [-0.05, 0) is 42.1 Å². The smallest absolute Gasteiger partial charge is 0.265 e. The van der Waals surface area contributed by atoms with Crippen molar-refractivity contribution in [3.05, 3.63) is 70.9 Å². The summed E-state index contributed by atoms with van der Waals surface area (Å²) >= 11 is 1.05. The van der Waals surface area contributed by atoms with Gasteiger partial charge in [-0.25, -0.2) is 4.39 Å². The third-order valence-corrected chi connectivity index (χ3v) is 5.35. The van der Waals surface area contributed by atoms with Gasteiger partial charge in [-0.1, -0.05) is 42.5 Å². The van der Waals surface area contributed by atoms with E-state index < -0.39 is 0 Å². The Morgan fingerprint density at radius 3 is 2.46 bits per heavy atom. The molecule has 2 N–H and O–H groups in total. The molecule has 7 heteroatoms. The van der Waals surface area contributed by atoms with Gasteiger partial charge in [0.2, 0.25) is 5.91 Å². The number of aromatic nitrogens is 1. The Morgan fingerprint density at radius 1 is 1.07 bits per heavy atom. The molecule has 0 spiro atoms. The fourth-order valence-electron chi connectivity index (χ4n) is 2.79. The number of benzene rings is 2. The summed E-state index contributed by atoms with van der Waals surface area (Å²) < 4.78 is 17.4. The molecule has 1 heterocycles. The van der Waals surface area contributed by atoms with E-state index >= 15 is 0 Å². The Bertz CT molecular complexity index is 998. The molecule has 1 aliphatic carbocycles. The quantitative estimate of drug-likeness (QED) is 0.656. The number of hydrogen-bond acceptors (Lipinski definition) is 4. The number of anilines is 1. The molecule has 0 radical (unpaired) electrons. The van der Waals surface area contributed by atoms with E-state index in [9.17, 15) is 14.0 Å². The van der Waals surface area contributed by atoms with Crippen LogP contribution >= 0.6 is 11.5 Å². The summed E-state index contributed by atoms with van der Waals surface area (Å²) in [5, 5.41) is 5.72. The van der Waals surface area contributed by atoms with Crippen molar-refractivity contribution in [3.8, 4) is 11.3 Å². The second-order valence-corrected chi connectivity index (χ2v) is 7.45. The lowest BCUT2D eigenvalue weighted by Gasteiger charge is -2.09. The molecular formula is C21H18FN3O2S. The summed E-state index contributed by atoms with van der Waals surface area (Å²) in [6, 6.07) is 15.4. The first kappa shape index (κ1) is 18.3. The summed E-state index contributed by atoms with van der Waals surface area (Å²) in [7, 11) is 0. The molecule has 1 saturated carbocycles. The summed E-state index contributed by atoms with van der Waals surface area (Å²) in [5.41, 5.74) is 2.66. The van der Waals surface area contributed by atoms with Crippen LogP contribution in [0.1, 0.15) is 28.1 Å². The highest BCUT2D eigenvalue weighted by molar-refractivity contribution is 7.09. The van der Waals surface area contributed by atoms with Crippen molar-refractivity contribution in [1.29, 1.82) is 0 Å². The molecule has 5 nitrogen and oxygen atoms in total. The average molecular weight is 395 g/mol. The Kier molecular flexibility index (Phi) is 5.16. The lowest BCUT2D eigenvalue weighted by molar-refractivity contribution is -0.117. The lowest BCUT2D eigenvalue weighted by atomic mass is 10.1. The van der Waals surface area contributed by atoms with E-state index in [0.717, 1.165) is 35.5 Å². The third kappa shape index (κ3) is 4.09. The molecule has 142 valence electrons. The van der Waals surface area contributed by atoms with Crippen LogP contribution in [0.15, 0.2) is 54.6 Å². The molecular weight excluding hydrogens is 377 g/mol. The molecule has 0 saturated heterocycles. The average Bonchev–Trinajstić information content (AvgIpc) is 3.49. The molecule has 0 bridgehead atoms. The van der Waals surface area contributed by atoms with Gasteiger partial charge < -0.3 is 10.6 Å². The van der Waals surface area contributed by atoms with Crippen molar-refractivity contribution in [2.45, 2.75) is 19.4 Å². The Hall–Kier alpha value is -3.06. The van der Waals surface area contributed by atoms with Gasteiger partial charge in [0.05, 0.1) is 5.69 Å². The highest BCUT2D eigenvalue weighted by atomic mass is 32.1. The Morgan fingerprint density at radius 2 is 1.79 bits per heavy atom. The molecule has 28 heavy (non-hydrogen) atoms. The maximum Gasteiger partial charge on any atom is 0.265 e. The van der Waals surface area contributed by atoms with Gasteiger partial charge in [0.1, 0.15) is 16.4 Å². The number of carbonyl (C=O) groups excluding carboxylic acids is 2. The summed E-state index contributed by atoms with van der Waals surface area (Å²) in [4.78, 5) is 25.4. The number of nitrogens with one attached hydrogen (secondary N) is 2. The fourth-order valence-corrected chi connectivity index (χ4v) is 3.56. The van der Waals surface area contributed by atoms with E-state index in [4.69, 9.17) is 0 Å². The zero-order chi connectivity index (χ0) is 19.5. The SMILES string of the molecule is O=C(NCc1ccc(F)cc1)c1snc(-c2ccccc2)c1NC(=O)C1CC1. The molecule has 0 atom stereocenters. The van der Waals surface area contributed by atoms with Gasteiger partial charge in [0.15, 0.2) is 0 Å². The molecule has 2 amide bonds. The molecule has 1 fully saturated rings. The number of halogens is 1. The van der Waals surface area contributed by atoms with E-state index in [1.165, 1.54) is 12.1 Å². The van der Waals surface area contributed by atoms with Crippen LogP contribution < -0.4 is 10.6 Å². The Balaban J connectivity index is 1.58. The normalized spacial score (nSPS) is 13.2. The van der Waals surface area contributed by atoms with Crippen molar-refractivity contribution >= 4 is 29.0 Å². The number of hydrogen-bond donors (Lipinski definition) is 2. The molecule has 1 aromatic heterocycles. The number of carbonyl (C=O) groups is 2. The van der Waals surface area contributed by atoms with Crippen LogP contribution in [0.5, 0.6) is 0 Å². The molecule has 0 unspecified atom stereocenters. The maximum absolute atomic E-state index is 13.0. The first-order valence-corrected chi connectivity index (χ1v) is 9.78. The van der Waals surface area contributed by atoms with E-state index in [1.54, 1.807) is 12.1 Å². The van der Waals surface area contributed by atoms with Gasteiger partial charge in [-0.2, -0.15) is 4.37 Å². The van der Waals surface area contributed by atoms with E-state index in [1.807, 2.05) is 30.3 Å². The van der Waals surface area contributed by atoms with Gasteiger partial charge in [-0.15, -0.1) is 0 Å². The summed E-state index contributed by atoms with van der Waals surface area (Å²) in [6.45, 7) is 0.258. The maximum atomic E-state index is 13.0. The first-order chi connectivity index (χ1) is 13.6. The van der Waals surface area contributed by atoms with E-state index in [-0.39, 0.29) is 30.1 Å². The number of rotatable bonds is 6. The summed E-state index contributed by atoms with van der Waals surface area (Å²) in [5.74, 6) is -0.714. The zero-order valence-electron chi connectivity index (χ0n) is 14.9. The minimum absolute atomic E-state index is 0.0126. The summed E-state index contributed by atoms with van der Waals surface area (Å²) in [6.07, 6.45) is 1.74. The zero-order valence-corrected chi connectivity index (χ0v) is 15.8. The predicted molar refractivity (Wildman–Crippen MR) is 106 cm³/mol. The minimum Gasteiger partial charge on any atom is -0.347 e. The van der Waals surface area contributed by atoms with Crippen LogP contribution in [0.4, 0.5) is 10.1 Å². The van der Waals surface area contributed by atoms with Crippen molar-refractivity contribution in [2.24, 2.45) is 5.92 Å². The molecule has 4 rings (SSSR count). The van der Waals surface area contributed by atoms with Gasteiger partial charge in [0.25, 0.3) is 5.91 Å². The molecule has 0 aliphatic heterocycles. The van der Waals surface area contributed by atoms with Crippen molar-refractivity contribution in [3.63, 3.8) is 0 Å². The van der Waals surface area contributed by atoms with Crippen molar-refractivity contribution < 1.29 is 14.0 Å². The van der Waals surface area contributed by atoms with E-state index in [2.05, 4.69) is 15.0 Å². The number of amides is 2. The van der Waals surface area contributed by atoms with Crippen molar-refractivity contribution in [1.82, 2.24) is 9.69 Å². The molecule has 3 aromatic rings. The highest BCUT2D eigenvalue weighted by Crippen LogP contribution is 2.36. The van der Waals surface area contributed by atoms with Crippen LogP contribution in [-0.2, 0) is 11.3 Å². The fraction of sp³-hybridized carbons (Fsp3) is 0.190. The second kappa shape index (κ2) is 7.90. The minimum atomic E-state index is -0.324. The predicted octanol–water partition coefficient (Wildman–Crippen LogP) is 4.23. The van der Waals surface area contributed by atoms with Crippen LogP contribution in [0.25, 0.3) is 11.3 Å². The molecule has 2 aromatic carbocycles. The van der Waals surface area contributed by atoms with Crippen LogP contribution in [-0.4, -0.2) is 16.2 Å². The Labute approximate surface area is 165 Å². The first-order valence-electron chi connectivity index (χ1n) is 9.00.